The van der Waals surface area contributed by atoms with Crippen molar-refractivity contribution < 1.29 is 14.0 Å². The summed E-state index contributed by atoms with van der Waals surface area (Å²) in [5.41, 5.74) is -0.0856. The first-order chi connectivity index (χ1) is 4.67. The molecule has 1 aliphatic carbocycles. The molecule has 0 radical (unpaired) electrons. The Balaban J connectivity index is 2.54. The first-order valence-electron chi connectivity index (χ1n) is 3.55. The van der Waals surface area contributed by atoms with E-state index in [1.807, 2.05) is 0 Å². The van der Waals surface area contributed by atoms with Gasteiger partial charge in [-0.15, -0.1) is 0 Å². The molecule has 0 spiro atoms. The molecule has 0 aliphatic heterocycles. The highest BCUT2D eigenvalue weighted by molar-refractivity contribution is 7.53. The van der Waals surface area contributed by atoms with Crippen LogP contribution in [0, 0.1) is 0 Å². The molecule has 0 saturated heterocycles. The van der Waals surface area contributed by atoms with E-state index in [9.17, 15) is 4.57 Å². The van der Waals surface area contributed by atoms with Gasteiger partial charge in [-0.1, -0.05) is 12.8 Å². The van der Waals surface area contributed by atoms with E-state index >= 15 is 0 Å². The normalized spacial score (nSPS) is 26.6. The molecule has 1 rings (SSSR count). The fourth-order valence-corrected chi connectivity index (χ4v) is 2.70. The summed E-state index contributed by atoms with van der Waals surface area (Å²) in [5.74, 6) is 0. The third-order valence-electron chi connectivity index (χ3n) is 2.05. The minimum absolute atomic E-state index is 0.0856. The van der Waals surface area contributed by atoms with Gasteiger partial charge in [0.25, 0.3) is 0 Å². The van der Waals surface area contributed by atoms with Crippen LogP contribution in [0.15, 0.2) is 0 Å². The van der Waals surface area contributed by atoms with Crippen LogP contribution in [-0.2, 0) is 9.09 Å². The fourth-order valence-electron chi connectivity index (χ4n) is 1.38. The SMILES string of the molecule is COP(=O)(O)C1CCCC1. The average Bonchev–Trinajstić information content (AvgIpc) is 2.38. The van der Waals surface area contributed by atoms with Crippen molar-refractivity contribution in [1.29, 1.82) is 0 Å². The first kappa shape index (κ1) is 8.25. The van der Waals surface area contributed by atoms with Gasteiger partial charge >= 0.3 is 7.60 Å². The van der Waals surface area contributed by atoms with Crippen LogP contribution in [0.2, 0.25) is 0 Å². The van der Waals surface area contributed by atoms with Crippen molar-refractivity contribution in [3.63, 3.8) is 0 Å². The van der Waals surface area contributed by atoms with Crippen LogP contribution in [0.3, 0.4) is 0 Å². The molecular weight excluding hydrogens is 151 g/mol. The van der Waals surface area contributed by atoms with Crippen molar-refractivity contribution in [1.82, 2.24) is 0 Å². The van der Waals surface area contributed by atoms with Gasteiger partial charge in [-0.05, 0) is 12.8 Å². The molecule has 0 aromatic rings. The van der Waals surface area contributed by atoms with Gasteiger partial charge in [0.1, 0.15) is 0 Å². The molecule has 1 unspecified atom stereocenters. The molecule has 1 aliphatic rings. The van der Waals surface area contributed by atoms with Crippen LogP contribution in [0.1, 0.15) is 25.7 Å². The van der Waals surface area contributed by atoms with Crippen molar-refractivity contribution in [2.75, 3.05) is 7.11 Å². The Hall–Kier alpha value is 0.150. The number of rotatable bonds is 2. The van der Waals surface area contributed by atoms with Gasteiger partial charge in [0, 0.05) is 7.11 Å². The maximum absolute atomic E-state index is 11.1. The van der Waals surface area contributed by atoms with Crippen LogP contribution < -0.4 is 0 Å². The van der Waals surface area contributed by atoms with E-state index < -0.39 is 7.60 Å². The van der Waals surface area contributed by atoms with E-state index in [-0.39, 0.29) is 5.66 Å². The molecule has 10 heavy (non-hydrogen) atoms. The molecule has 3 nitrogen and oxygen atoms in total. The largest absolute Gasteiger partial charge is 0.330 e. The van der Waals surface area contributed by atoms with E-state index in [1.54, 1.807) is 0 Å². The Morgan fingerprint density at radius 1 is 1.50 bits per heavy atom. The van der Waals surface area contributed by atoms with Crippen LogP contribution in [-0.4, -0.2) is 17.7 Å². The lowest BCUT2D eigenvalue weighted by atomic mass is 10.4. The van der Waals surface area contributed by atoms with E-state index in [0.29, 0.717) is 0 Å². The molecular formula is C6H13O3P. The van der Waals surface area contributed by atoms with Gasteiger partial charge in [-0.2, -0.15) is 0 Å². The molecule has 4 heteroatoms. The van der Waals surface area contributed by atoms with Gasteiger partial charge in [-0.25, -0.2) is 0 Å². The molecule has 1 saturated carbocycles. The minimum Gasteiger partial charge on any atom is -0.324 e. The average molecular weight is 164 g/mol. The van der Waals surface area contributed by atoms with Crippen molar-refractivity contribution in [3.05, 3.63) is 0 Å². The predicted octanol–water partition coefficient (Wildman–Crippen LogP) is 1.76. The van der Waals surface area contributed by atoms with Crippen molar-refractivity contribution in [3.8, 4) is 0 Å². The fraction of sp³-hybridized carbons (Fsp3) is 1.00. The number of hydrogen-bond acceptors (Lipinski definition) is 2. The lowest BCUT2D eigenvalue weighted by Gasteiger charge is -2.14. The second-order valence-corrected chi connectivity index (χ2v) is 4.91. The lowest BCUT2D eigenvalue weighted by Crippen LogP contribution is -2.03. The Morgan fingerprint density at radius 3 is 2.40 bits per heavy atom. The standard InChI is InChI=1S/C6H13O3P/c1-9-10(7,8)6-4-2-3-5-6/h6H,2-5H2,1H3,(H,7,8). The Bertz CT molecular complexity index is 151. The summed E-state index contributed by atoms with van der Waals surface area (Å²) in [6, 6.07) is 0. The minimum atomic E-state index is -3.22. The Labute approximate surface area is 60.9 Å². The van der Waals surface area contributed by atoms with E-state index in [1.165, 1.54) is 7.11 Å². The summed E-state index contributed by atoms with van der Waals surface area (Å²) in [5, 5.41) is 0. The van der Waals surface area contributed by atoms with Gasteiger partial charge < -0.3 is 9.42 Å². The molecule has 0 aromatic heterocycles. The highest BCUT2D eigenvalue weighted by Crippen LogP contribution is 2.52. The predicted molar refractivity (Wildman–Crippen MR) is 39.1 cm³/mol. The second kappa shape index (κ2) is 3.04. The first-order valence-corrected chi connectivity index (χ1v) is 5.19. The summed E-state index contributed by atoms with van der Waals surface area (Å²) in [6.07, 6.45) is 3.83. The van der Waals surface area contributed by atoms with Gasteiger partial charge in [0.05, 0.1) is 5.66 Å². The van der Waals surface area contributed by atoms with Crippen molar-refractivity contribution >= 4 is 7.60 Å². The third-order valence-corrected chi connectivity index (χ3v) is 4.01. The van der Waals surface area contributed by atoms with Crippen LogP contribution >= 0.6 is 7.60 Å². The quantitative estimate of drug-likeness (QED) is 0.632. The summed E-state index contributed by atoms with van der Waals surface area (Å²) in [6.45, 7) is 0. The topological polar surface area (TPSA) is 46.5 Å². The highest BCUT2D eigenvalue weighted by Gasteiger charge is 2.33. The van der Waals surface area contributed by atoms with E-state index in [4.69, 9.17) is 4.89 Å². The van der Waals surface area contributed by atoms with Crippen LogP contribution in [0.4, 0.5) is 0 Å². The zero-order valence-corrected chi connectivity index (χ0v) is 7.01. The second-order valence-electron chi connectivity index (χ2n) is 2.68. The summed E-state index contributed by atoms with van der Waals surface area (Å²) in [7, 11) is -1.92. The molecule has 0 heterocycles. The summed E-state index contributed by atoms with van der Waals surface area (Å²) >= 11 is 0. The number of hydrogen-bond donors (Lipinski definition) is 1. The molecule has 1 N–H and O–H groups in total. The van der Waals surface area contributed by atoms with Crippen LogP contribution in [0.25, 0.3) is 0 Å². The smallest absolute Gasteiger partial charge is 0.324 e. The van der Waals surface area contributed by atoms with Crippen molar-refractivity contribution in [2.24, 2.45) is 0 Å². The molecule has 60 valence electrons. The zero-order chi connectivity index (χ0) is 7.61. The van der Waals surface area contributed by atoms with E-state index in [0.717, 1.165) is 25.7 Å². The monoisotopic (exact) mass is 164 g/mol. The van der Waals surface area contributed by atoms with E-state index in [2.05, 4.69) is 4.52 Å². The van der Waals surface area contributed by atoms with Gasteiger partial charge in [0.2, 0.25) is 0 Å². The van der Waals surface area contributed by atoms with Crippen molar-refractivity contribution in [2.45, 2.75) is 31.3 Å². The maximum Gasteiger partial charge on any atom is 0.330 e. The van der Waals surface area contributed by atoms with Gasteiger partial charge in [0.15, 0.2) is 0 Å². The lowest BCUT2D eigenvalue weighted by molar-refractivity contribution is 0.304. The third kappa shape index (κ3) is 1.60. The molecule has 1 fully saturated rings. The molecule has 0 amide bonds. The molecule has 1 atom stereocenters. The Morgan fingerprint density at radius 2 is 2.00 bits per heavy atom. The van der Waals surface area contributed by atoms with Crippen LogP contribution in [0.5, 0.6) is 0 Å². The zero-order valence-electron chi connectivity index (χ0n) is 6.12. The summed E-state index contributed by atoms with van der Waals surface area (Å²) < 4.78 is 15.7. The molecule has 0 bridgehead atoms. The Kier molecular flexibility index (Phi) is 2.50. The summed E-state index contributed by atoms with van der Waals surface area (Å²) in [4.78, 5) is 9.16. The molecule has 0 aromatic carbocycles. The maximum atomic E-state index is 11.1. The van der Waals surface area contributed by atoms with Gasteiger partial charge in [-0.3, -0.25) is 4.57 Å². The highest BCUT2D eigenvalue weighted by atomic mass is 31.2.